The molecule has 1 unspecified atom stereocenters. The minimum absolute atomic E-state index is 0.0474. The summed E-state index contributed by atoms with van der Waals surface area (Å²) in [4.78, 5) is 0. The molecule has 0 saturated carbocycles. The molecule has 1 heterocycles. The van der Waals surface area contributed by atoms with Gasteiger partial charge in [0, 0.05) is 17.6 Å². The summed E-state index contributed by atoms with van der Waals surface area (Å²) < 4.78 is 32.9. The predicted molar refractivity (Wildman–Crippen MR) is 66.1 cm³/mol. The van der Waals surface area contributed by atoms with Crippen molar-refractivity contribution in [2.75, 3.05) is 18.5 Å². The Labute approximate surface area is 107 Å². The lowest BCUT2D eigenvalue weighted by atomic mass is 10.1. The standard InChI is InChI=1S/C12H14BrF2NO/c13-8-5-10(14)12(11(15)6-8)16-7-9-3-1-2-4-17-9/h5-6,9,16H,1-4,7H2. The van der Waals surface area contributed by atoms with Gasteiger partial charge in [-0.3, -0.25) is 0 Å². The molecule has 0 aliphatic carbocycles. The van der Waals surface area contributed by atoms with Gasteiger partial charge in [0.25, 0.3) is 0 Å². The second kappa shape index (κ2) is 5.78. The predicted octanol–water partition coefficient (Wildman–Crippen LogP) is 3.71. The SMILES string of the molecule is Fc1cc(Br)cc(F)c1NCC1CCCCO1. The van der Waals surface area contributed by atoms with Crippen LogP contribution < -0.4 is 5.32 Å². The fourth-order valence-corrected chi connectivity index (χ4v) is 2.30. The van der Waals surface area contributed by atoms with Gasteiger partial charge >= 0.3 is 0 Å². The van der Waals surface area contributed by atoms with Crippen LogP contribution in [0.25, 0.3) is 0 Å². The van der Waals surface area contributed by atoms with E-state index in [0.29, 0.717) is 11.0 Å². The molecule has 1 aromatic carbocycles. The lowest BCUT2D eigenvalue weighted by Gasteiger charge is -2.23. The van der Waals surface area contributed by atoms with Gasteiger partial charge in [-0.15, -0.1) is 0 Å². The van der Waals surface area contributed by atoms with Crippen LogP contribution in [-0.4, -0.2) is 19.3 Å². The maximum absolute atomic E-state index is 13.5. The second-order valence-corrected chi connectivity index (χ2v) is 5.03. The first kappa shape index (κ1) is 12.8. The number of hydrogen-bond donors (Lipinski definition) is 1. The van der Waals surface area contributed by atoms with E-state index in [-0.39, 0.29) is 11.8 Å². The molecule has 5 heteroatoms. The fourth-order valence-electron chi connectivity index (χ4n) is 1.90. The van der Waals surface area contributed by atoms with E-state index in [9.17, 15) is 8.78 Å². The number of rotatable bonds is 3. The number of hydrogen-bond acceptors (Lipinski definition) is 2. The number of halogens is 3. The van der Waals surface area contributed by atoms with Gasteiger partial charge in [-0.2, -0.15) is 0 Å². The Morgan fingerprint density at radius 2 is 2.00 bits per heavy atom. The van der Waals surface area contributed by atoms with E-state index in [0.717, 1.165) is 25.9 Å². The Balaban J connectivity index is 1.98. The molecule has 1 N–H and O–H groups in total. The van der Waals surface area contributed by atoms with E-state index >= 15 is 0 Å². The lowest BCUT2D eigenvalue weighted by molar-refractivity contribution is 0.0247. The molecular formula is C12H14BrF2NO. The van der Waals surface area contributed by atoms with Crippen LogP contribution in [0.2, 0.25) is 0 Å². The van der Waals surface area contributed by atoms with Crippen molar-refractivity contribution in [3.05, 3.63) is 28.2 Å². The van der Waals surface area contributed by atoms with E-state index in [2.05, 4.69) is 21.2 Å². The Morgan fingerprint density at radius 1 is 1.29 bits per heavy atom. The van der Waals surface area contributed by atoms with Crippen molar-refractivity contribution >= 4 is 21.6 Å². The highest BCUT2D eigenvalue weighted by Crippen LogP contribution is 2.24. The van der Waals surface area contributed by atoms with E-state index in [1.807, 2.05) is 0 Å². The van der Waals surface area contributed by atoms with E-state index in [4.69, 9.17) is 4.74 Å². The van der Waals surface area contributed by atoms with Crippen LogP contribution in [-0.2, 0) is 4.74 Å². The molecule has 2 nitrogen and oxygen atoms in total. The lowest BCUT2D eigenvalue weighted by Crippen LogP contribution is -2.27. The van der Waals surface area contributed by atoms with Crippen molar-refractivity contribution in [1.29, 1.82) is 0 Å². The van der Waals surface area contributed by atoms with Crippen LogP contribution >= 0.6 is 15.9 Å². The third-order valence-corrected chi connectivity index (χ3v) is 3.25. The maximum Gasteiger partial charge on any atom is 0.150 e. The van der Waals surface area contributed by atoms with Gasteiger partial charge in [0.1, 0.15) is 17.3 Å². The zero-order valence-corrected chi connectivity index (χ0v) is 10.9. The van der Waals surface area contributed by atoms with Crippen LogP contribution in [0.15, 0.2) is 16.6 Å². The molecule has 0 aromatic heterocycles. The number of ether oxygens (including phenoxy) is 1. The largest absolute Gasteiger partial charge is 0.378 e. The Bertz CT molecular complexity index is 371. The molecule has 1 aliphatic heterocycles. The first-order valence-corrected chi connectivity index (χ1v) is 6.46. The average molecular weight is 306 g/mol. The average Bonchev–Trinajstić information content (AvgIpc) is 2.29. The van der Waals surface area contributed by atoms with E-state index in [1.165, 1.54) is 12.1 Å². The molecule has 1 saturated heterocycles. The maximum atomic E-state index is 13.5. The van der Waals surface area contributed by atoms with Crippen molar-refractivity contribution in [2.24, 2.45) is 0 Å². The number of benzene rings is 1. The highest BCUT2D eigenvalue weighted by molar-refractivity contribution is 9.10. The zero-order chi connectivity index (χ0) is 12.3. The summed E-state index contributed by atoms with van der Waals surface area (Å²) in [6.45, 7) is 1.17. The molecule has 94 valence electrons. The quantitative estimate of drug-likeness (QED) is 0.919. The van der Waals surface area contributed by atoms with Crippen molar-refractivity contribution in [3.8, 4) is 0 Å². The molecule has 0 radical (unpaired) electrons. The van der Waals surface area contributed by atoms with Gasteiger partial charge < -0.3 is 10.1 Å². The molecule has 1 atom stereocenters. The van der Waals surface area contributed by atoms with Crippen molar-refractivity contribution in [2.45, 2.75) is 25.4 Å². The minimum Gasteiger partial charge on any atom is -0.378 e. The fraction of sp³-hybridized carbons (Fsp3) is 0.500. The topological polar surface area (TPSA) is 21.3 Å². The summed E-state index contributed by atoms with van der Waals surface area (Å²) in [5, 5.41) is 2.78. The monoisotopic (exact) mass is 305 g/mol. The molecule has 0 spiro atoms. The summed E-state index contributed by atoms with van der Waals surface area (Å²) in [6, 6.07) is 2.49. The van der Waals surface area contributed by atoms with Crippen LogP contribution in [0, 0.1) is 11.6 Å². The van der Waals surface area contributed by atoms with Gasteiger partial charge in [0.2, 0.25) is 0 Å². The summed E-state index contributed by atoms with van der Waals surface area (Å²) in [5.41, 5.74) is -0.0811. The second-order valence-electron chi connectivity index (χ2n) is 4.11. The van der Waals surface area contributed by atoms with Crippen molar-refractivity contribution < 1.29 is 13.5 Å². The smallest absolute Gasteiger partial charge is 0.150 e. The third kappa shape index (κ3) is 3.39. The first-order valence-electron chi connectivity index (χ1n) is 5.67. The van der Waals surface area contributed by atoms with Crippen LogP contribution in [0.3, 0.4) is 0 Å². The molecule has 2 rings (SSSR count). The molecule has 0 amide bonds. The van der Waals surface area contributed by atoms with Crippen molar-refractivity contribution in [3.63, 3.8) is 0 Å². The molecule has 17 heavy (non-hydrogen) atoms. The van der Waals surface area contributed by atoms with Crippen LogP contribution in [0.5, 0.6) is 0 Å². The Kier molecular flexibility index (Phi) is 4.34. The normalized spacial score (nSPS) is 20.3. The van der Waals surface area contributed by atoms with Gasteiger partial charge in [-0.05, 0) is 31.4 Å². The molecule has 1 fully saturated rings. The number of nitrogens with one attached hydrogen (secondary N) is 1. The Hall–Kier alpha value is -0.680. The molecule has 1 aliphatic rings. The third-order valence-electron chi connectivity index (χ3n) is 2.79. The minimum atomic E-state index is -0.590. The van der Waals surface area contributed by atoms with Gasteiger partial charge in [0.05, 0.1) is 6.10 Å². The van der Waals surface area contributed by atoms with E-state index in [1.54, 1.807) is 0 Å². The number of anilines is 1. The molecular weight excluding hydrogens is 292 g/mol. The summed E-state index contributed by atoms with van der Waals surface area (Å²) in [7, 11) is 0. The van der Waals surface area contributed by atoms with Crippen molar-refractivity contribution in [1.82, 2.24) is 0 Å². The van der Waals surface area contributed by atoms with Crippen LogP contribution in [0.4, 0.5) is 14.5 Å². The summed E-state index contributed by atoms with van der Waals surface area (Å²) in [5.74, 6) is -1.18. The van der Waals surface area contributed by atoms with Gasteiger partial charge in [-0.1, -0.05) is 15.9 Å². The first-order chi connectivity index (χ1) is 8.16. The van der Waals surface area contributed by atoms with E-state index < -0.39 is 11.6 Å². The highest BCUT2D eigenvalue weighted by Gasteiger charge is 2.16. The van der Waals surface area contributed by atoms with Crippen LogP contribution in [0.1, 0.15) is 19.3 Å². The highest BCUT2D eigenvalue weighted by atomic mass is 79.9. The summed E-state index contributed by atoms with van der Waals surface area (Å²) in [6.07, 6.45) is 3.16. The molecule has 0 bridgehead atoms. The zero-order valence-electron chi connectivity index (χ0n) is 9.31. The van der Waals surface area contributed by atoms with Gasteiger partial charge in [0.15, 0.2) is 0 Å². The molecule has 1 aromatic rings. The summed E-state index contributed by atoms with van der Waals surface area (Å²) >= 11 is 3.04. The Morgan fingerprint density at radius 3 is 2.59 bits per heavy atom. The van der Waals surface area contributed by atoms with Gasteiger partial charge in [-0.25, -0.2) is 8.78 Å².